The third kappa shape index (κ3) is 3.96. The van der Waals surface area contributed by atoms with Crippen molar-refractivity contribution in [2.75, 3.05) is 5.43 Å². The Balaban J connectivity index is 2.68. The summed E-state index contributed by atoms with van der Waals surface area (Å²) < 4.78 is 76.3. The fourth-order valence-electron chi connectivity index (χ4n) is 0.899. The number of rotatable bonds is 4. The Labute approximate surface area is 99.9 Å². The first kappa shape index (κ1) is 14.9. The molecule has 0 amide bonds. The molecule has 0 aliphatic carbocycles. The van der Waals surface area contributed by atoms with Crippen LogP contribution in [0, 0.1) is 0 Å². The summed E-state index contributed by atoms with van der Waals surface area (Å²) in [4.78, 5) is 0. The van der Waals surface area contributed by atoms with Gasteiger partial charge in [-0.25, -0.2) is 5.84 Å². The predicted octanol–water partition coefficient (Wildman–Crippen LogP) is 1.83. The average molecular weight is 296 g/mol. The lowest BCUT2D eigenvalue weighted by Gasteiger charge is -2.22. The van der Waals surface area contributed by atoms with Gasteiger partial charge in [0.15, 0.2) is 0 Å². The van der Waals surface area contributed by atoms with Crippen molar-refractivity contribution in [1.29, 1.82) is 0 Å². The molecule has 0 saturated carbocycles. The quantitative estimate of drug-likeness (QED) is 0.504. The van der Waals surface area contributed by atoms with E-state index in [0.717, 1.165) is 0 Å². The normalized spacial score (nSPS) is 13.1. The van der Waals surface area contributed by atoms with Crippen LogP contribution in [0.25, 0.3) is 0 Å². The first-order valence-corrected chi connectivity index (χ1v) is 5.00. The fourth-order valence-corrected chi connectivity index (χ4v) is 1.47. The van der Waals surface area contributed by atoms with Crippen LogP contribution in [-0.4, -0.2) is 28.7 Å². The molecule has 0 unspecified atom stereocenters. The van der Waals surface area contributed by atoms with Crippen molar-refractivity contribution < 1.29 is 31.1 Å². The van der Waals surface area contributed by atoms with E-state index in [-0.39, 0.29) is 10.1 Å². The molecule has 18 heavy (non-hydrogen) atoms. The molecule has 104 valence electrons. The van der Waals surface area contributed by atoms with Crippen molar-refractivity contribution in [2.24, 2.45) is 5.84 Å². The maximum absolute atomic E-state index is 12.1. The number of halogens is 6. The van der Waals surface area contributed by atoms with Crippen LogP contribution in [-0.2, 0) is 11.3 Å². The van der Waals surface area contributed by atoms with Crippen molar-refractivity contribution in [3.05, 3.63) is 5.01 Å². The molecule has 1 aromatic heterocycles. The summed E-state index contributed by atoms with van der Waals surface area (Å²) in [5.74, 6) is 4.91. The summed E-state index contributed by atoms with van der Waals surface area (Å²) in [6.07, 6.45) is -14.9. The smallest absolute Gasteiger partial charge is 0.354 e. The topological polar surface area (TPSA) is 73.1 Å². The number of nitrogens with zero attached hydrogens (tertiary/aromatic N) is 2. The third-order valence-corrected chi connectivity index (χ3v) is 2.39. The Morgan fingerprint density at radius 2 is 1.72 bits per heavy atom. The predicted molar refractivity (Wildman–Crippen MR) is 48.4 cm³/mol. The first-order valence-electron chi connectivity index (χ1n) is 4.18. The van der Waals surface area contributed by atoms with Crippen LogP contribution in [0.4, 0.5) is 31.5 Å². The fraction of sp³-hybridized carbons (Fsp3) is 0.667. The van der Waals surface area contributed by atoms with Crippen LogP contribution in [0.2, 0.25) is 0 Å². The van der Waals surface area contributed by atoms with Gasteiger partial charge in [0.05, 0.1) is 0 Å². The molecule has 0 bridgehead atoms. The summed E-state index contributed by atoms with van der Waals surface area (Å²) >= 11 is 0.678. The monoisotopic (exact) mass is 296 g/mol. The van der Waals surface area contributed by atoms with Crippen molar-refractivity contribution in [1.82, 2.24) is 10.2 Å². The van der Waals surface area contributed by atoms with Crippen LogP contribution in [0.1, 0.15) is 5.01 Å². The van der Waals surface area contributed by atoms with Gasteiger partial charge in [-0.3, -0.25) is 5.43 Å². The zero-order valence-electron chi connectivity index (χ0n) is 8.34. The Morgan fingerprint density at radius 1 is 1.17 bits per heavy atom. The second-order valence-corrected chi connectivity index (χ2v) is 3.98. The maximum Gasteiger partial charge on any atom is 0.423 e. The van der Waals surface area contributed by atoms with Gasteiger partial charge in [-0.05, 0) is 0 Å². The summed E-state index contributed by atoms with van der Waals surface area (Å²) in [6.45, 7) is -0.969. The van der Waals surface area contributed by atoms with Crippen molar-refractivity contribution >= 4 is 16.5 Å². The zero-order chi connectivity index (χ0) is 14.0. The van der Waals surface area contributed by atoms with Gasteiger partial charge in [0.1, 0.15) is 11.6 Å². The Kier molecular flexibility index (Phi) is 4.34. The number of nitrogens with two attached hydrogens (primary N) is 1. The summed E-state index contributed by atoms with van der Waals surface area (Å²) in [5.41, 5.74) is 2.04. The molecule has 0 spiro atoms. The molecule has 0 atom stereocenters. The Bertz CT molecular complexity index is 376. The number of alkyl halides is 6. The van der Waals surface area contributed by atoms with Gasteiger partial charge in [0.2, 0.25) is 11.2 Å². The van der Waals surface area contributed by atoms with Crippen LogP contribution in [0.5, 0.6) is 0 Å². The van der Waals surface area contributed by atoms with Crippen molar-refractivity contribution in [3.63, 3.8) is 0 Å². The molecule has 0 saturated heterocycles. The molecular weight excluding hydrogens is 290 g/mol. The van der Waals surface area contributed by atoms with Gasteiger partial charge < -0.3 is 4.74 Å². The minimum Gasteiger partial charge on any atom is -0.354 e. The largest absolute Gasteiger partial charge is 0.423 e. The molecule has 0 fully saturated rings. The van der Waals surface area contributed by atoms with Gasteiger partial charge in [-0.1, -0.05) is 11.3 Å². The highest BCUT2D eigenvalue weighted by atomic mass is 32.1. The second-order valence-electron chi connectivity index (χ2n) is 2.92. The summed E-state index contributed by atoms with van der Waals surface area (Å²) in [6, 6.07) is 0. The van der Waals surface area contributed by atoms with E-state index in [1.165, 1.54) is 0 Å². The molecule has 1 heterocycles. The van der Waals surface area contributed by atoms with E-state index in [0.29, 0.717) is 11.3 Å². The minimum atomic E-state index is -5.54. The third-order valence-electron chi connectivity index (χ3n) is 1.56. The molecule has 1 aromatic rings. The Morgan fingerprint density at radius 3 is 2.11 bits per heavy atom. The number of ether oxygens (including phenoxy) is 1. The number of nitrogens with one attached hydrogen (secondary N) is 1. The number of hydrogen-bond donors (Lipinski definition) is 2. The minimum absolute atomic E-state index is 0.0455. The highest BCUT2D eigenvalue weighted by Gasteiger charge is 2.58. The van der Waals surface area contributed by atoms with Crippen molar-refractivity contribution in [3.8, 4) is 0 Å². The zero-order valence-corrected chi connectivity index (χ0v) is 9.16. The number of hydrazine groups is 1. The van der Waals surface area contributed by atoms with E-state index in [4.69, 9.17) is 5.84 Å². The highest BCUT2D eigenvalue weighted by molar-refractivity contribution is 7.15. The number of nitrogen functional groups attached to an aromatic ring is 1. The number of aromatic nitrogens is 2. The molecule has 1 rings (SSSR count). The van der Waals surface area contributed by atoms with Gasteiger partial charge in [-0.15, -0.1) is 10.2 Å². The standard InChI is InChI=1S/C6H6F6N4OS/c7-5(8,9)3(6(10,11)12)17-1-2-15-16-4(14-13)18-2/h3H,1,13H2,(H,14,16). The summed E-state index contributed by atoms with van der Waals surface area (Å²) in [7, 11) is 0. The highest BCUT2D eigenvalue weighted by Crippen LogP contribution is 2.36. The van der Waals surface area contributed by atoms with Gasteiger partial charge in [0, 0.05) is 0 Å². The van der Waals surface area contributed by atoms with E-state index < -0.39 is 25.1 Å². The van der Waals surface area contributed by atoms with E-state index in [1.807, 2.05) is 5.43 Å². The maximum atomic E-state index is 12.1. The lowest BCUT2D eigenvalue weighted by Crippen LogP contribution is -2.44. The van der Waals surface area contributed by atoms with Gasteiger partial charge in [-0.2, -0.15) is 26.3 Å². The van der Waals surface area contributed by atoms with Crippen LogP contribution >= 0.6 is 11.3 Å². The second kappa shape index (κ2) is 5.24. The van der Waals surface area contributed by atoms with Crippen molar-refractivity contribution in [2.45, 2.75) is 25.1 Å². The van der Waals surface area contributed by atoms with E-state index in [1.54, 1.807) is 0 Å². The van der Waals surface area contributed by atoms with Crippen LogP contribution in [0.15, 0.2) is 0 Å². The summed E-state index contributed by atoms with van der Waals surface area (Å²) in [5, 5.41) is 6.50. The average Bonchev–Trinajstić information content (AvgIpc) is 2.61. The number of anilines is 1. The molecule has 0 aromatic carbocycles. The van der Waals surface area contributed by atoms with Crippen LogP contribution in [0.3, 0.4) is 0 Å². The first-order chi connectivity index (χ1) is 8.14. The molecule has 12 heteroatoms. The van der Waals surface area contributed by atoms with E-state index in [2.05, 4.69) is 14.9 Å². The molecule has 0 aliphatic heterocycles. The lowest BCUT2D eigenvalue weighted by molar-refractivity contribution is -0.324. The molecule has 0 aliphatic rings. The molecule has 0 radical (unpaired) electrons. The molecular formula is C6H6F6N4OS. The molecule has 3 N–H and O–H groups in total. The van der Waals surface area contributed by atoms with E-state index in [9.17, 15) is 26.3 Å². The van der Waals surface area contributed by atoms with Gasteiger partial charge >= 0.3 is 12.4 Å². The lowest BCUT2D eigenvalue weighted by atomic mass is 10.3. The molecule has 5 nitrogen and oxygen atoms in total. The number of hydrogen-bond acceptors (Lipinski definition) is 6. The van der Waals surface area contributed by atoms with E-state index >= 15 is 0 Å². The Hall–Kier alpha value is -1.14. The van der Waals surface area contributed by atoms with Crippen LogP contribution < -0.4 is 11.3 Å². The SMILES string of the molecule is NNc1nnc(COC(C(F)(F)F)C(F)(F)F)s1. The van der Waals surface area contributed by atoms with Gasteiger partial charge in [0.25, 0.3) is 0 Å².